The van der Waals surface area contributed by atoms with E-state index in [4.69, 9.17) is 11.5 Å². The molecule has 0 unspecified atom stereocenters. The number of nitrogens with two attached hydrogens (primary N) is 2. The number of phenols is 2. The lowest BCUT2D eigenvalue weighted by molar-refractivity contribution is 0.472. The average molecular weight is 848 g/mol. The van der Waals surface area contributed by atoms with Crippen LogP contribution in [0.1, 0.15) is 5.56 Å². The maximum atomic E-state index is 12.5. The third-order valence-corrected chi connectivity index (χ3v) is 10.7. The van der Waals surface area contributed by atoms with Gasteiger partial charge in [0.05, 0.1) is 33.8 Å². The number of nitrogens with one attached hydrogen (secondary N) is 1. The van der Waals surface area contributed by atoms with Crippen molar-refractivity contribution in [3.8, 4) is 11.5 Å². The predicted octanol–water partition coefficient (Wildman–Crippen LogP) is 8.45. The summed E-state index contributed by atoms with van der Waals surface area (Å²) in [5, 5.41) is 46.6. The van der Waals surface area contributed by atoms with Crippen LogP contribution in [0.4, 0.5) is 56.9 Å². The molecule has 0 fully saturated rings. The van der Waals surface area contributed by atoms with Gasteiger partial charge >= 0.3 is 0 Å². The average Bonchev–Trinajstić information content (AvgIpc) is 3.14. The molecule has 0 heterocycles. The van der Waals surface area contributed by atoms with Crippen LogP contribution in [0.25, 0.3) is 10.8 Å². The zero-order valence-electron chi connectivity index (χ0n) is 29.5. The van der Waals surface area contributed by atoms with E-state index in [0.717, 1.165) is 17.7 Å². The molecule has 6 aromatic rings. The summed E-state index contributed by atoms with van der Waals surface area (Å²) in [4.78, 5) is -2.68. The van der Waals surface area contributed by atoms with Gasteiger partial charge in [-0.15, -0.1) is 15.3 Å². The summed E-state index contributed by atoms with van der Waals surface area (Å²) in [5.74, 6) is -1.15. The zero-order chi connectivity index (χ0) is 42.2. The Labute approximate surface area is 329 Å². The number of azo groups is 3. The van der Waals surface area contributed by atoms with Gasteiger partial charge in [-0.05, 0) is 91.2 Å². The molecule has 6 aromatic carbocycles. The first kappa shape index (κ1) is 40.8. The van der Waals surface area contributed by atoms with E-state index in [-0.39, 0.29) is 28.5 Å². The molecule has 0 saturated heterocycles. The van der Waals surface area contributed by atoms with Crippen molar-refractivity contribution in [1.29, 1.82) is 0 Å². The van der Waals surface area contributed by atoms with Crippen molar-refractivity contribution < 1.29 is 49.1 Å². The highest BCUT2D eigenvalue weighted by molar-refractivity contribution is 7.86. The first-order chi connectivity index (χ1) is 27.2. The van der Waals surface area contributed by atoms with Gasteiger partial charge in [0.2, 0.25) is 0 Å². The first-order valence-corrected chi connectivity index (χ1v) is 20.5. The van der Waals surface area contributed by atoms with Gasteiger partial charge in [0.1, 0.15) is 37.5 Å². The van der Waals surface area contributed by atoms with Crippen molar-refractivity contribution in [3.63, 3.8) is 0 Å². The maximum absolute atomic E-state index is 12.5. The van der Waals surface area contributed by atoms with E-state index in [0.29, 0.717) is 23.1 Å². The van der Waals surface area contributed by atoms with Crippen LogP contribution in [0.3, 0.4) is 0 Å². The van der Waals surface area contributed by atoms with Crippen molar-refractivity contribution in [2.24, 2.45) is 30.7 Å². The lowest BCUT2D eigenvalue weighted by Gasteiger charge is -2.14. The number of hydrogen-bond acceptors (Lipinski definition) is 17. The molecular weight excluding hydrogens is 819 g/mol. The van der Waals surface area contributed by atoms with Crippen molar-refractivity contribution in [3.05, 3.63) is 103 Å². The van der Waals surface area contributed by atoms with Crippen LogP contribution in [0.2, 0.25) is 0 Å². The molecule has 0 atom stereocenters. The molecule has 6 rings (SSSR count). The Kier molecular flexibility index (Phi) is 10.9. The molecule has 58 heavy (non-hydrogen) atoms. The molecule has 23 heteroatoms. The Hall–Kier alpha value is -6.89. The highest BCUT2D eigenvalue weighted by Crippen LogP contribution is 2.48. The van der Waals surface area contributed by atoms with E-state index >= 15 is 0 Å². The molecule has 0 amide bonds. The minimum absolute atomic E-state index is 0.127. The molecule has 0 spiro atoms. The Morgan fingerprint density at radius 2 is 1.07 bits per heavy atom. The summed E-state index contributed by atoms with van der Waals surface area (Å²) in [5.41, 5.74) is 11.6. The Balaban J connectivity index is 1.37. The lowest BCUT2D eigenvalue weighted by atomic mass is 10.1. The summed E-state index contributed by atoms with van der Waals surface area (Å²) >= 11 is 0. The van der Waals surface area contributed by atoms with Crippen LogP contribution < -0.4 is 16.8 Å². The highest BCUT2D eigenvalue weighted by Gasteiger charge is 2.28. The standard InChI is InChI=1S/C35H29N9O11S3/c1-18-2-5-22(6-3-18)40-44-34-30(58(53,54)55)15-19-14-29(57(50,51)52)33(32(37)31(19)35(34)46)43-41-24-11-13-26(28(17-24)56(47,48)49)38-21-7-9-23(10-8-21)39-42-25-12-4-20(36)16-27(25)45/h2-17,38,45-46H,36-37H2,1H3,(H,47,48,49)(H,50,51,52)(H,53,54,55)/b42-39+,43-41+,44-40+. The quantitative estimate of drug-likeness (QED) is 0.0344. The number of phenolic OH excluding ortho intramolecular Hbond substituents is 2. The second kappa shape index (κ2) is 15.6. The van der Waals surface area contributed by atoms with Gasteiger partial charge in [0.15, 0.2) is 5.75 Å². The van der Waals surface area contributed by atoms with E-state index in [2.05, 4.69) is 36.0 Å². The molecule has 0 bridgehead atoms. The monoisotopic (exact) mass is 847 g/mol. The third kappa shape index (κ3) is 9.04. The van der Waals surface area contributed by atoms with Crippen molar-refractivity contribution in [2.75, 3.05) is 16.8 Å². The SMILES string of the molecule is Cc1ccc(/N=N/c2c(S(=O)(=O)O)cc3cc(S(=O)(=O)O)c(/N=N/c4ccc(Nc5ccc(/N=N/c6ccc(N)cc6O)cc5)c(S(=O)(=O)O)c4)c(N)c3c2O)cc1. The van der Waals surface area contributed by atoms with Gasteiger partial charge < -0.3 is 27.0 Å². The number of nitrogen functional groups attached to an aromatic ring is 2. The summed E-state index contributed by atoms with van der Waals surface area (Å²) in [6.45, 7) is 1.81. The highest BCUT2D eigenvalue weighted by atomic mass is 32.2. The molecular formula is C35H29N9O11S3. The molecule has 0 aliphatic carbocycles. The number of aromatic hydroxyl groups is 2. The fraction of sp³-hybridized carbons (Fsp3) is 0.0286. The molecule has 10 N–H and O–H groups in total. The number of rotatable bonds is 11. The van der Waals surface area contributed by atoms with Gasteiger partial charge in [-0.1, -0.05) is 17.7 Å². The second-order valence-electron chi connectivity index (χ2n) is 12.3. The minimum Gasteiger partial charge on any atom is -0.506 e. The van der Waals surface area contributed by atoms with Crippen LogP contribution in [-0.2, 0) is 30.4 Å². The van der Waals surface area contributed by atoms with Crippen molar-refractivity contribution in [2.45, 2.75) is 21.6 Å². The van der Waals surface area contributed by atoms with Crippen LogP contribution in [-0.4, -0.2) is 49.1 Å². The van der Waals surface area contributed by atoms with Crippen LogP contribution in [0.15, 0.2) is 142 Å². The topological polar surface area (TPSA) is 342 Å². The Morgan fingerprint density at radius 3 is 1.66 bits per heavy atom. The summed E-state index contributed by atoms with van der Waals surface area (Å²) < 4.78 is 105. The number of hydrogen-bond donors (Lipinski definition) is 8. The van der Waals surface area contributed by atoms with Gasteiger partial charge in [0, 0.05) is 17.4 Å². The fourth-order valence-corrected chi connectivity index (χ4v) is 7.32. The van der Waals surface area contributed by atoms with E-state index in [1.54, 1.807) is 12.1 Å². The summed E-state index contributed by atoms with van der Waals surface area (Å²) in [6, 6.07) is 21.6. The van der Waals surface area contributed by atoms with Crippen molar-refractivity contribution in [1.82, 2.24) is 0 Å². The fourth-order valence-electron chi connectivity index (χ4n) is 5.32. The molecule has 298 valence electrons. The number of nitrogens with zero attached hydrogens (tertiary/aromatic N) is 6. The van der Waals surface area contributed by atoms with E-state index in [9.17, 15) is 49.1 Å². The van der Waals surface area contributed by atoms with Crippen molar-refractivity contribution >= 4 is 98.0 Å². The molecule has 0 aliphatic heterocycles. The van der Waals surface area contributed by atoms with Crippen LogP contribution in [0.5, 0.6) is 11.5 Å². The predicted molar refractivity (Wildman–Crippen MR) is 212 cm³/mol. The van der Waals surface area contributed by atoms with E-state index in [1.807, 2.05) is 6.92 Å². The number of anilines is 4. The number of benzene rings is 6. The third-order valence-electron chi connectivity index (χ3n) is 8.10. The molecule has 0 aromatic heterocycles. The smallest absolute Gasteiger partial charge is 0.296 e. The second-order valence-corrected chi connectivity index (χ2v) is 16.4. The molecule has 0 saturated carbocycles. The summed E-state index contributed by atoms with van der Waals surface area (Å²) in [7, 11) is -15.3. The van der Waals surface area contributed by atoms with Gasteiger partial charge in [0.25, 0.3) is 30.4 Å². The first-order valence-electron chi connectivity index (χ1n) is 16.1. The lowest BCUT2D eigenvalue weighted by Crippen LogP contribution is -2.04. The minimum atomic E-state index is -5.21. The Bertz CT molecular complexity index is 3050. The molecule has 0 aliphatic rings. The number of aryl methyl sites for hydroxylation is 1. The van der Waals surface area contributed by atoms with E-state index in [1.165, 1.54) is 66.7 Å². The maximum Gasteiger partial charge on any atom is 0.296 e. The van der Waals surface area contributed by atoms with Gasteiger partial charge in [-0.2, -0.15) is 40.6 Å². The summed E-state index contributed by atoms with van der Waals surface area (Å²) in [6.07, 6.45) is 0. The molecule has 0 radical (unpaired) electrons. The van der Waals surface area contributed by atoms with Crippen LogP contribution in [0, 0.1) is 6.92 Å². The molecule has 20 nitrogen and oxygen atoms in total. The van der Waals surface area contributed by atoms with Crippen LogP contribution >= 0.6 is 0 Å². The number of fused-ring (bicyclic) bond motifs is 1. The normalized spacial score (nSPS) is 12.6. The van der Waals surface area contributed by atoms with Gasteiger partial charge in [-0.3, -0.25) is 13.7 Å². The van der Waals surface area contributed by atoms with Gasteiger partial charge in [-0.25, -0.2) is 0 Å². The Morgan fingerprint density at radius 1 is 0.552 bits per heavy atom. The van der Waals surface area contributed by atoms with E-state index < -0.39 is 78.6 Å². The zero-order valence-corrected chi connectivity index (χ0v) is 31.9. The largest absolute Gasteiger partial charge is 0.506 e.